The van der Waals surface area contributed by atoms with Crippen molar-refractivity contribution in [1.29, 1.82) is 0 Å². The summed E-state index contributed by atoms with van der Waals surface area (Å²) >= 11 is 6.15. The number of hydrogen-bond acceptors (Lipinski definition) is 9. The van der Waals surface area contributed by atoms with Crippen LogP contribution in [0.25, 0.3) is 5.78 Å². The first kappa shape index (κ1) is 34.9. The summed E-state index contributed by atoms with van der Waals surface area (Å²) in [6, 6.07) is 2.75. The Morgan fingerprint density at radius 3 is 2.49 bits per heavy atom. The van der Waals surface area contributed by atoms with Crippen molar-refractivity contribution < 1.29 is 22.7 Å². The molecule has 3 fully saturated rings. The molecule has 51 heavy (non-hydrogen) atoms. The number of hydrogen-bond donors (Lipinski definition) is 2. The van der Waals surface area contributed by atoms with Gasteiger partial charge in [0.15, 0.2) is 0 Å². The molecule has 2 N–H and O–H groups in total. The predicted octanol–water partition coefficient (Wildman–Crippen LogP) is 3.92. The molecule has 0 bridgehead atoms. The highest BCUT2D eigenvalue weighted by atomic mass is 35.5. The van der Waals surface area contributed by atoms with Crippen LogP contribution in [0.4, 0.5) is 36.2 Å². The number of carbonyl (C=O) groups is 1. The van der Waals surface area contributed by atoms with Crippen LogP contribution in [0.15, 0.2) is 34.0 Å². The summed E-state index contributed by atoms with van der Waals surface area (Å²) in [4.78, 5) is 52.0. The minimum absolute atomic E-state index is 0.0159. The number of morpholine rings is 1. The molecule has 3 aliphatic rings. The lowest BCUT2D eigenvalue weighted by Crippen LogP contribution is -2.55. The zero-order valence-corrected chi connectivity index (χ0v) is 29.1. The summed E-state index contributed by atoms with van der Waals surface area (Å²) in [6.45, 7) is 6.85. The van der Waals surface area contributed by atoms with E-state index in [1.807, 2.05) is 23.6 Å². The lowest BCUT2D eigenvalue weighted by atomic mass is 10.1. The Morgan fingerprint density at radius 1 is 1.08 bits per heavy atom. The number of anilines is 4. The van der Waals surface area contributed by atoms with E-state index in [2.05, 4.69) is 20.4 Å². The molecule has 1 aliphatic carbocycles. The number of ether oxygens (including phenoxy) is 1. The van der Waals surface area contributed by atoms with E-state index in [9.17, 15) is 27.6 Å². The van der Waals surface area contributed by atoms with E-state index in [-0.39, 0.29) is 46.2 Å². The van der Waals surface area contributed by atoms with E-state index in [0.29, 0.717) is 75.4 Å². The zero-order chi connectivity index (χ0) is 36.0. The molecule has 2 saturated heterocycles. The molecule has 14 nitrogen and oxygen atoms in total. The Labute approximate surface area is 295 Å². The number of nitrogens with one attached hydrogen (secondary N) is 2. The molecular weight excluding hydrogens is 693 g/mol. The summed E-state index contributed by atoms with van der Waals surface area (Å²) in [5.74, 6) is -0.107. The Kier molecular flexibility index (Phi) is 9.52. The average Bonchev–Trinajstić information content (AvgIpc) is 3.87. The van der Waals surface area contributed by atoms with Crippen LogP contribution in [-0.2, 0) is 28.7 Å². The van der Waals surface area contributed by atoms with E-state index in [0.717, 1.165) is 43.9 Å². The SMILES string of the molecule is CCc1c(N2CCN(c3c[nH]n(C4CCCC4)c3=O)[C@H](C)C2)c(=O)n2nc(N3CCOCC3)nc2n1CC(=O)Nc1ccc(C(F)(F)F)cc1Cl. The van der Waals surface area contributed by atoms with E-state index < -0.39 is 17.6 Å². The number of alkyl halides is 3. The molecule has 1 atom stereocenters. The Balaban J connectivity index is 1.22. The molecule has 5 heterocycles. The first-order valence-electron chi connectivity index (χ1n) is 17.3. The topological polar surface area (TPSA) is 138 Å². The molecular formula is C33H40ClF3N10O4. The molecule has 274 valence electrons. The molecule has 0 radical (unpaired) electrons. The second-order valence-corrected chi connectivity index (χ2v) is 13.7. The highest BCUT2D eigenvalue weighted by Crippen LogP contribution is 2.34. The number of carbonyl (C=O) groups excluding carboxylic acids is 1. The molecule has 2 aliphatic heterocycles. The molecule has 1 aromatic carbocycles. The highest BCUT2D eigenvalue weighted by Gasteiger charge is 2.34. The number of H-pyrrole nitrogens is 1. The van der Waals surface area contributed by atoms with Gasteiger partial charge in [-0.2, -0.15) is 22.7 Å². The number of fused-ring (bicyclic) bond motifs is 1. The number of amides is 1. The van der Waals surface area contributed by atoms with Gasteiger partial charge in [-0.05, 0) is 44.4 Å². The number of piperazine rings is 1. The standard InChI is InChI=1S/C33H40ClF3N10O4/c1-3-25-28(43-10-11-44(20(2)18-43)26-17-38-46(29(26)49)22-6-4-5-7-22)30(50)47-32(40-31(41-47)42-12-14-51-15-13-42)45(25)19-27(48)39-24-9-8-21(16-23(24)34)33(35,36)37/h8-9,16-17,20,22,38H,3-7,10-15,18-19H2,1-2H3,(H,39,48)/t20-/m1/s1. The van der Waals surface area contributed by atoms with Crippen LogP contribution in [0, 0.1) is 0 Å². The van der Waals surface area contributed by atoms with Crippen molar-refractivity contribution in [1.82, 2.24) is 28.9 Å². The molecule has 3 aromatic heterocycles. The van der Waals surface area contributed by atoms with Crippen molar-refractivity contribution >= 4 is 46.3 Å². The summed E-state index contributed by atoms with van der Waals surface area (Å²) in [5, 5.41) is 10.1. The van der Waals surface area contributed by atoms with Crippen molar-refractivity contribution in [2.24, 2.45) is 0 Å². The van der Waals surface area contributed by atoms with Crippen LogP contribution in [0.3, 0.4) is 0 Å². The fraction of sp³-hybridized carbons (Fsp3) is 0.545. The van der Waals surface area contributed by atoms with Gasteiger partial charge in [0.25, 0.3) is 11.1 Å². The largest absolute Gasteiger partial charge is 0.416 e. The minimum Gasteiger partial charge on any atom is -0.378 e. The van der Waals surface area contributed by atoms with Gasteiger partial charge in [-0.25, -0.2) is 4.68 Å². The van der Waals surface area contributed by atoms with E-state index in [1.54, 1.807) is 15.4 Å². The molecule has 0 spiro atoms. The minimum atomic E-state index is -4.59. The normalized spacial score (nSPS) is 19.0. The third kappa shape index (κ3) is 6.68. The zero-order valence-electron chi connectivity index (χ0n) is 28.4. The second-order valence-electron chi connectivity index (χ2n) is 13.3. The van der Waals surface area contributed by atoms with Crippen LogP contribution < -0.4 is 31.1 Å². The monoisotopic (exact) mass is 732 g/mol. The third-order valence-electron chi connectivity index (χ3n) is 10.0. The summed E-state index contributed by atoms with van der Waals surface area (Å²) in [5.41, 5.74) is 0.167. The van der Waals surface area contributed by atoms with Crippen LogP contribution >= 0.6 is 11.6 Å². The number of rotatable bonds is 8. The first-order chi connectivity index (χ1) is 24.4. The Morgan fingerprint density at radius 2 is 1.82 bits per heavy atom. The van der Waals surface area contributed by atoms with Gasteiger partial charge in [0.1, 0.15) is 17.9 Å². The van der Waals surface area contributed by atoms with Crippen molar-refractivity contribution in [2.45, 2.75) is 70.8 Å². The van der Waals surface area contributed by atoms with E-state index in [4.69, 9.17) is 21.3 Å². The molecule has 0 unspecified atom stereocenters. The lowest BCUT2D eigenvalue weighted by molar-refractivity contribution is -0.137. The van der Waals surface area contributed by atoms with E-state index in [1.165, 1.54) is 4.52 Å². The fourth-order valence-electron chi connectivity index (χ4n) is 7.47. The Bertz CT molecular complexity index is 2040. The average molecular weight is 733 g/mol. The lowest BCUT2D eigenvalue weighted by Gasteiger charge is -2.41. The van der Waals surface area contributed by atoms with Crippen LogP contribution in [-0.4, -0.2) is 86.8 Å². The Hall–Kier alpha value is -4.51. The fourth-order valence-corrected chi connectivity index (χ4v) is 7.70. The van der Waals surface area contributed by atoms with E-state index >= 15 is 0 Å². The maximum Gasteiger partial charge on any atom is 0.416 e. The second kappa shape index (κ2) is 13.9. The quantitative estimate of drug-likeness (QED) is 0.276. The van der Waals surface area contributed by atoms with Gasteiger partial charge in [-0.15, -0.1) is 5.10 Å². The molecule has 1 amide bonds. The smallest absolute Gasteiger partial charge is 0.378 e. The number of aromatic amines is 1. The molecule has 7 rings (SSSR count). The molecule has 18 heteroatoms. The first-order valence-corrected chi connectivity index (χ1v) is 17.7. The van der Waals surface area contributed by atoms with Gasteiger partial charge >= 0.3 is 6.18 Å². The van der Waals surface area contributed by atoms with Gasteiger partial charge in [0, 0.05) is 45.0 Å². The summed E-state index contributed by atoms with van der Waals surface area (Å²) in [7, 11) is 0. The van der Waals surface area contributed by atoms with Crippen molar-refractivity contribution in [3.05, 3.63) is 61.4 Å². The third-order valence-corrected chi connectivity index (χ3v) is 10.3. The van der Waals surface area contributed by atoms with Gasteiger partial charge in [-0.1, -0.05) is 31.4 Å². The van der Waals surface area contributed by atoms with Crippen molar-refractivity contribution in [2.75, 3.05) is 66.0 Å². The van der Waals surface area contributed by atoms with Crippen molar-refractivity contribution in [3.63, 3.8) is 0 Å². The maximum absolute atomic E-state index is 14.3. The van der Waals surface area contributed by atoms with Gasteiger partial charge in [0.05, 0.1) is 41.2 Å². The summed E-state index contributed by atoms with van der Waals surface area (Å²) in [6.07, 6.45) is 1.69. The number of benzene rings is 1. The highest BCUT2D eigenvalue weighted by molar-refractivity contribution is 6.33. The summed E-state index contributed by atoms with van der Waals surface area (Å²) < 4.78 is 49.7. The van der Waals surface area contributed by atoms with Gasteiger partial charge < -0.3 is 34.4 Å². The molecule has 4 aromatic rings. The number of halogens is 4. The van der Waals surface area contributed by atoms with Gasteiger partial charge in [-0.3, -0.25) is 14.4 Å². The number of aromatic nitrogens is 6. The number of nitrogens with zero attached hydrogens (tertiary/aromatic N) is 8. The predicted molar refractivity (Wildman–Crippen MR) is 186 cm³/mol. The maximum atomic E-state index is 14.3. The van der Waals surface area contributed by atoms with Gasteiger partial charge in [0.2, 0.25) is 17.6 Å². The van der Waals surface area contributed by atoms with Crippen molar-refractivity contribution in [3.8, 4) is 0 Å². The van der Waals surface area contributed by atoms with Crippen LogP contribution in [0.5, 0.6) is 0 Å². The molecule has 1 saturated carbocycles. The van der Waals surface area contributed by atoms with Crippen LogP contribution in [0.1, 0.15) is 56.8 Å². The van der Waals surface area contributed by atoms with Crippen LogP contribution in [0.2, 0.25) is 5.02 Å².